The smallest absolute Gasteiger partial charge is 0.188 e. The van der Waals surface area contributed by atoms with Gasteiger partial charge in [0.15, 0.2) is 5.78 Å². The van der Waals surface area contributed by atoms with Crippen LogP contribution in [0.15, 0.2) is 48.5 Å². The molecule has 4 nitrogen and oxygen atoms in total. The lowest BCUT2D eigenvalue weighted by molar-refractivity contribution is 0.0903. The minimum Gasteiger partial charge on any atom is -0.388 e. The normalized spacial score (nSPS) is 21.1. The third-order valence-electron chi connectivity index (χ3n) is 5.94. The number of rotatable bonds is 4. The van der Waals surface area contributed by atoms with Gasteiger partial charge in [0, 0.05) is 47.7 Å². The Labute approximate surface area is 152 Å². The molecule has 26 heavy (non-hydrogen) atoms. The quantitative estimate of drug-likeness (QED) is 0.738. The second-order valence-electron chi connectivity index (χ2n) is 7.46. The molecule has 1 fully saturated rings. The van der Waals surface area contributed by atoms with E-state index < -0.39 is 6.61 Å². The molecule has 5 rings (SSSR count). The third kappa shape index (κ3) is 2.41. The van der Waals surface area contributed by atoms with Gasteiger partial charge in [-0.15, -0.1) is 0 Å². The van der Waals surface area contributed by atoms with Crippen LogP contribution in [-0.2, 0) is 13.1 Å². The van der Waals surface area contributed by atoms with E-state index in [9.17, 15) is 4.79 Å². The number of carbonyl (C=O) groups excluding carboxylic acids is 1. The molecule has 1 saturated heterocycles. The second-order valence-corrected chi connectivity index (χ2v) is 7.46. The Kier molecular flexibility index (Phi) is 3.69. The Morgan fingerprint density at radius 2 is 1.92 bits per heavy atom. The summed E-state index contributed by atoms with van der Waals surface area (Å²) >= 11 is 0. The van der Waals surface area contributed by atoms with E-state index in [1.807, 2.05) is 24.3 Å². The molecule has 4 heteroatoms. The first kappa shape index (κ1) is 15.8. The number of ketones is 1. The molecule has 3 heterocycles. The average molecular weight is 346 g/mol. The van der Waals surface area contributed by atoms with Gasteiger partial charge in [-0.1, -0.05) is 42.5 Å². The maximum atomic E-state index is 11.6. The highest BCUT2D eigenvalue weighted by Gasteiger charge is 2.35. The van der Waals surface area contributed by atoms with Crippen molar-refractivity contribution in [3.63, 3.8) is 0 Å². The fraction of sp³-hybridized carbons (Fsp3) is 0.318. The summed E-state index contributed by atoms with van der Waals surface area (Å²) in [4.78, 5) is 14.2. The molecule has 0 radical (unpaired) electrons. The van der Waals surface area contributed by atoms with Gasteiger partial charge in [-0.2, -0.15) is 0 Å². The Bertz CT molecular complexity index is 987. The summed E-state index contributed by atoms with van der Waals surface area (Å²) in [6.07, 6.45) is 1.26. The summed E-state index contributed by atoms with van der Waals surface area (Å²) in [5, 5.41) is 10.4. The van der Waals surface area contributed by atoms with Gasteiger partial charge < -0.3 is 9.67 Å². The number of nitrogens with zero attached hydrogens (tertiary/aromatic N) is 2. The highest BCUT2D eigenvalue weighted by molar-refractivity contribution is 5.96. The summed E-state index contributed by atoms with van der Waals surface area (Å²) in [5.41, 5.74) is 6.06. The van der Waals surface area contributed by atoms with Crippen molar-refractivity contribution in [2.24, 2.45) is 0 Å². The monoisotopic (exact) mass is 346 g/mol. The molecule has 0 saturated carbocycles. The van der Waals surface area contributed by atoms with Gasteiger partial charge in [-0.05, 0) is 30.2 Å². The zero-order valence-electron chi connectivity index (χ0n) is 14.7. The molecule has 2 bridgehead atoms. The number of carbonyl (C=O) groups is 1. The van der Waals surface area contributed by atoms with Crippen molar-refractivity contribution in [1.82, 2.24) is 9.47 Å². The molecule has 2 aliphatic heterocycles. The van der Waals surface area contributed by atoms with Gasteiger partial charge in [0.2, 0.25) is 0 Å². The fourth-order valence-corrected chi connectivity index (χ4v) is 4.68. The van der Waals surface area contributed by atoms with E-state index in [-0.39, 0.29) is 5.78 Å². The lowest BCUT2D eigenvalue weighted by atomic mass is 9.93. The van der Waals surface area contributed by atoms with Crippen molar-refractivity contribution in [2.75, 3.05) is 19.7 Å². The van der Waals surface area contributed by atoms with Crippen LogP contribution in [0.3, 0.4) is 0 Å². The van der Waals surface area contributed by atoms with Gasteiger partial charge in [0.1, 0.15) is 6.61 Å². The molecule has 1 aromatic heterocycles. The molecule has 132 valence electrons. The Hall–Kier alpha value is -2.43. The van der Waals surface area contributed by atoms with E-state index in [4.69, 9.17) is 5.11 Å². The predicted molar refractivity (Wildman–Crippen MR) is 102 cm³/mol. The lowest BCUT2D eigenvalue weighted by Crippen LogP contribution is -2.26. The Morgan fingerprint density at radius 1 is 1.12 bits per heavy atom. The summed E-state index contributed by atoms with van der Waals surface area (Å²) in [5.74, 6) is 0.430. The molecule has 0 spiro atoms. The number of fused-ring (bicyclic) bond motifs is 6. The summed E-state index contributed by atoms with van der Waals surface area (Å²) < 4.78 is 2.46. The van der Waals surface area contributed by atoms with Crippen LogP contribution in [0.25, 0.3) is 10.9 Å². The number of hydrogen-bond donors (Lipinski definition) is 1. The van der Waals surface area contributed by atoms with Crippen LogP contribution in [0.2, 0.25) is 0 Å². The number of aliphatic hydroxyl groups excluding tert-OH is 1. The molecular weight excluding hydrogens is 324 g/mol. The zero-order chi connectivity index (χ0) is 17.7. The van der Waals surface area contributed by atoms with Crippen molar-refractivity contribution in [3.8, 4) is 0 Å². The predicted octanol–water partition coefficient (Wildman–Crippen LogP) is 3.17. The van der Waals surface area contributed by atoms with E-state index in [1.54, 1.807) is 5.56 Å². The number of aliphatic hydroxyl groups is 1. The van der Waals surface area contributed by atoms with Gasteiger partial charge >= 0.3 is 0 Å². The standard InChI is InChI=1S/C22H22N2O2/c25-14-21(26)16-7-5-15(6-8-16)11-24-19-4-2-1-3-18(19)22-17-9-10-23(12-17)13-20(22)24/h1-8,17,25H,9-14H2. The molecule has 2 unspecified atom stereocenters. The highest BCUT2D eigenvalue weighted by Crippen LogP contribution is 2.42. The van der Waals surface area contributed by atoms with E-state index in [1.165, 1.54) is 41.7 Å². The van der Waals surface area contributed by atoms with Crippen molar-refractivity contribution < 1.29 is 9.90 Å². The van der Waals surface area contributed by atoms with Gasteiger partial charge in [-0.3, -0.25) is 9.69 Å². The van der Waals surface area contributed by atoms with Gasteiger partial charge in [-0.25, -0.2) is 0 Å². The van der Waals surface area contributed by atoms with Crippen LogP contribution in [0.4, 0.5) is 0 Å². The molecule has 2 atom stereocenters. The zero-order valence-corrected chi connectivity index (χ0v) is 14.7. The van der Waals surface area contributed by atoms with E-state index in [0.29, 0.717) is 11.5 Å². The first-order chi connectivity index (χ1) is 12.7. The third-order valence-corrected chi connectivity index (χ3v) is 5.94. The minimum atomic E-state index is -0.438. The van der Waals surface area contributed by atoms with Crippen LogP contribution >= 0.6 is 0 Å². The number of Topliss-reactive ketones (excluding diaryl/α,β-unsaturated/α-hetero) is 1. The first-order valence-electron chi connectivity index (χ1n) is 9.30. The molecule has 0 amide bonds. The average Bonchev–Trinajstić information content (AvgIpc) is 3.21. The summed E-state index contributed by atoms with van der Waals surface area (Å²) in [7, 11) is 0. The topological polar surface area (TPSA) is 45.5 Å². The van der Waals surface area contributed by atoms with E-state index >= 15 is 0 Å². The molecule has 0 aliphatic carbocycles. The van der Waals surface area contributed by atoms with Crippen LogP contribution in [0.1, 0.15) is 39.5 Å². The van der Waals surface area contributed by atoms with Crippen molar-refractivity contribution in [3.05, 3.63) is 70.9 Å². The Balaban J connectivity index is 1.57. The van der Waals surface area contributed by atoms with Crippen molar-refractivity contribution in [2.45, 2.75) is 25.4 Å². The Morgan fingerprint density at radius 3 is 2.73 bits per heavy atom. The second kappa shape index (κ2) is 6.08. The molecule has 3 aromatic rings. The van der Waals surface area contributed by atoms with Crippen LogP contribution in [0.5, 0.6) is 0 Å². The first-order valence-corrected chi connectivity index (χ1v) is 9.30. The molecule has 2 aromatic carbocycles. The lowest BCUT2D eigenvalue weighted by Gasteiger charge is -2.25. The minimum absolute atomic E-state index is 0.232. The largest absolute Gasteiger partial charge is 0.388 e. The SMILES string of the molecule is O=C(CO)c1ccc(Cn2c3c(c4ccccc42)C2CCN(C3)C2)cc1. The van der Waals surface area contributed by atoms with Crippen molar-refractivity contribution in [1.29, 1.82) is 0 Å². The van der Waals surface area contributed by atoms with Crippen LogP contribution in [0, 0.1) is 0 Å². The van der Waals surface area contributed by atoms with Crippen LogP contribution in [-0.4, -0.2) is 40.1 Å². The number of hydrogen-bond acceptors (Lipinski definition) is 3. The van der Waals surface area contributed by atoms with E-state index in [0.717, 1.165) is 13.1 Å². The maximum absolute atomic E-state index is 11.6. The molecule has 2 aliphatic rings. The van der Waals surface area contributed by atoms with Crippen molar-refractivity contribution >= 4 is 16.7 Å². The van der Waals surface area contributed by atoms with Crippen LogP contribution < -0.4 is 0 Å². The van der Waals surface area contributed by atoms with E-state index in [2.05, 4.69) is 33.7 Å². The number of benzene rings is 2. The summed E-state index contributed by atoms with van der Waals surface area (Å²) in [6, 6.07) is 16.4. The van der Waals surface area contributed by atoms with Gasteiger partial charge in [0.05, 0.1) is 0 Å². The number of aromatic nitrogens is 1. The maximum Gasteiger partial charge on any atom is 0.188 e. The highest BCUT2D eigenvalue weighted by atomic mass is 16.3. The molecule has 1 N–H and O–H groups in total. The number of para-hydroxylation sites is 1. The summed E-state index contributed by atoms with van der Waals surface area (Å²) in [6.45, 7) is 3.79. The van der Waals surface area contributed by atoms with Gasteiger partial charge in [0.25, 0.3) is 0 Å². The molecular formula is C22H22N2O2. The fourth-order valence-electron chi connectivity index (χ4n) is 4.68.